The van der Waals surface area contributed by atoms with Crippen LogP contribution < -0.4 is 0 Å². The van der Waals surface area contributed by atoms with Crippen LogP contribution >= 0.6 is 22.6 Å². The molecule has 1 nitrogen and oxygen atoms in total. The van der Waals surface area contributed by atoms with E-state index < -0.39 is 0 Å². The quantitative estimate of drug-likeness (QED) is 0.590. The molecule has 0 aliphatic heterocycles. The van der Waals surface area contributed by atoms with Gasteiger partial charge in [-0.1, -0.05) is 13.0 Å². The van der Waals surface area contributed by atoms with Crippen molar-refractivity contribution in [1.82, 2.24) is 0 Å². The lowest BCUT2D eigenvalue weighted by molar-refractivity contribution is -0.118. The van der Waals surface area contributed by atoms with Crippen LogP contribution in [0.4, 0.5) is 0 Å². The molecule has 0 radical (unpaired) electrons. The summed E-state index contributed by atoms with van der Waals surface area (Å²) in [5, 5.41) is 0. The molecular weight excluding hydrogens is 227 g/mol. The van der Waals surface area contributed by atoms with Crippen molar-refractivity contribution in [2.45, 2.75) is 19.8 Å². The molecule has 0 fully saturated rings. The van der Waals surface area contributed by atoms with Crippen LogP contribution in [0.15, 0.2) is 9.66 Å². The summed E-state index contributed by atoms with van der Waals surface area (Å²) in [7, 11) is 0. The van der Waals surface area contributed by atoms with Gasteiger partial charge in [0.15, 0.2) is 5.78 Å². The summed E-state index contributed by atoms with van der Waals surface area (Å²) in [6, 6.07) is 0. The van der Waals surface area contributed by atoms with Crippen LogP contribution in [-0.2, 0) is 4.79 Å². The zero-order chi connectivity index (χ0) is 6.85. The summed E-state index contributed by atoms with van der Waals surface area (Å²) < 4.78 is 0.923. The number of halogens is 1. The monoisotopic (exact) mass is 236 g/mol. The summed E-state index contributed by atoms with van der Waals surface area (Å²) >= 11 is 2.11. The van der Waals surface area contributed by atoms with Crippen LogP contribution in [0.5, 0.6) is 0 Å². The standard InChI is InChI=1S/C7H9IO/c1-5-3-2-4-6(8)7(5)9/h4-5H,2-3H2,1H3/t5-/m1/s1. The average Bonchev–Trinajstić information content (AvgIpc) is 1.83. The van der Waals surface area contributed by atoms with Gasteiger partial charge < -0.3 is 0 Å². The first-order chi connectivity index (χ1) is 4.22. The molecule has 1 aliphatic rings. The van der Waals surface area contributed by atoms with Gasteiger partial charge in [-0.2, -0.15) is 0 Å². The summed E-state index contributed by atoms with van der Waals surface area (Å²) in [6.07, 6.45) is 4.12. The van der Waals surface area contributed by atoms with Crippen molar-refractivity contribution in [2.75, 3.05) is 0 Å². The van der Waals surface area contributed by atoms with E-state index in [0.29, 0.717) is 5.78 Å². The minimum absolute atomic E-state index is 0.266. The van der Waals surface area contributed by atoms with Gasteiger partial charge in [0.25, 0.3) is 0 Å². The second-order valence-electron chi connectivity index (χ2n) is 2.39. The highest BCUT2D eigenvalue weighted by Crippen LogP contribution is 2.23. The van der Waals surface area contributed by atoms with Gasteiger partial charge in [-0.05, 0) is 35.4 Å². The third-order valence-electron chi connectivity index (χ3n) is 1.61. The van der Waals surface area contributed by atoms with Crippen molar-refractivity contribution in [3.05, 3.63) is 9.66 Å². The Bertz CT molecular complexity index is 160. The number of ketones is 1. The summed E-state index contributed by atoms with van der Waals surface area (Å²) in [5.41, 5.74) is 0. The van der Waals surface area contributed by atoms with Crippen LogP contribution in [0.25, 0.3) is 0 Å². The Morgan fingerprint density at radius 2 is 2.44 bits per heavy atom. The Labute approximate surface area is 68.7 Å². The molecule has 0 amide bonds. The van der Waals surface area contributed by atoms with Gasteiger partial charge in [-0.15, -0.1) is 0 Å². The fourth-order valence-electron chi connectivity index (χ4n) is 0.927. The molecule has 0 spiro atoms. The predicted octanol–water partition coefficient (Wildman–Crippen LogP) is 2.30. The lowest BCUT2D eigenvalue weighted by Crippen LogP contribution is -2.13. The van der Waals surface area contributed by atoms with Gasteiger partial charge in [0.05, 0.1) is 3.58 Å². The molecule has 1 aliphatic carbocycles. The topological polar surface area (TPSA) is 17.1 Å². The predicted molar refractivity (Wildman–Crippen MR) is 45.5 cm³/mol. The molecule has 0 saturated heterocycles. The highest BCUT2D eigenvalue weighted by molar-refractivity contribution is 14.1. The maximum atomic E-state index is 11.0. The first kappa shape index (κ1) is 7.25. The molecule has 0 aromatic heterocycles. The van der Waals surface area contributed by atoms with Crippen LogP contribution in [0.1, 0.15) is 19.8 Å². The molecule has 1 rings (SSSR count). The van der Waals surface area contributed by atoms with Crippen LogP contribution in [0.3, 0.4) is 0 Å². The lowest BCUT2D eigenvalue weighted by Gasteiger charge is -2.12. The molecule has 0 N–H and O–H groups in total. The number of hydrogen-bond acceptors (Lipinski definition) is 1. The van der Waals surface area contributed by atoms with E-state index in [4.69, 9.17) is 0 Å². The average molecular weight is 236 g/mol. The van der Waals surface area contributed by atoms with E-state index >= 15 is 0 Å². The molecule has 0 heterocycles. The zero-order valence-electron chi connectivity index (χ0n) is 5.36. The van der Waals surface area contributed by atoms with Crippen molar-refractivity contribution in [2.24, 2.45) is 5.92 Å². The first-order valence-electron chi connectivity index (χ1n) is 3.11. The van der Waals surface area contributed by atoms with Crippen LogP contribution in [0, 0.1) is 5.92 Å². The van der Waals surface area contributed by atoms with E-state index in [0.717, 1.165) is 16.4 Å². The van der Waals surface area contributed by atoms with E-state index in [1.54, 1.807) is 0 Å². The van der Waals surface area contributed by atoms with Crippen LogP contribution in [-0.4, -0.2) is 5.78 Å². The van der Waals surface area contributed by atoms with E-state index in [1.165, 1.54) is 0 Å². The second-order valence-corrected chi connectivity index (χ2v) is 3.56. The molecule has 0 aromatic rings. The third kappa shape index (κ3) is 1.53. The molecule has 0 aromatic carbocycles. The highest BCUT2D eigenvalue weighted by Gasteiger charge is 2.18. The van der Waals surface area contributed by atoms with Gasteiger partial charge in [0, 0.05) is 5.92 Å². The maximum absolute atomic E-state index is 11.0. The largest absolute Gasteiger partial charge is 0.293 e. The van der Waals surface area contributed by atoms with E-state index in [9.17, 15) is 4.79 Å². The Kier molecular flexibility index (Phi) is 2.27. The smallest absolute Gasteiger partial charge is 0.171 e. The van der Waals surface area contributed by atoms with Gasteiger partial charge in [0.1, 0.15) is 0 Å². The number of allylic oxidation sites excluding steroid dienone is 2. The summed E-state index contributed by atoms with van der Waals surface area (Å²) in [4.78, 5) is 11.0. The number of carbonyl (C=O) groups is 1. The van der Waals surface area contributed by atoms with E-state index in [-0.39, 0.29) is 5.92 Å². The Morgan fingerprint density at radius 1 is 1.78 bits per heavy atom. The van der Waals surface area contributed by atoms with Crippen molar-refractivity contribution in [3.63, 3.8) is 0 Å². The molecule has 0 bridgehead atoms. The first-order valence-corrected chi connectivity index (χ1v) is 4.19. The van der Waals surface area contributed by atoms with Gasteiger partial charge >= 0.3 is 0 Å². The fraction of sp³-hybridized carbons (Fsp3) is 0.571. The second kappa shape index (κ2) is 2.82. The Morgan fingerprint density at radius 3 is 2.89 bits per heavy atom. The summed E-state index contributed by atoms with van der Waals surface area (Å²) in [6.45, 7) is 1.99. The molecule has 1 atom stereocenters. The Balaban J connectivity index is 2.74. The number of hydrogen-bond donors (Lipinski definition) is 0. The van der Waals surface area contributed by atoms with Crippen LogP contribution in [0.2, 0.25) is 0 Å². The molecule has 50 valence electrons. The van der Waals surface area contributed by atoms with Gasteiger partial charge in [-0.3, -0.25) is 4.79 Å². The molecule has 0 saturated carbocycles. The molecule has 0 unspecified atom stereocenters. The van der Waals surface area contributed by atoms with Gasteiger partial charge in [-0.25, -0.2) is 0 Å². The minimum Gasteiger partial charge on any atom is -0.293 e. The summed E-state index contributed by atoms with van der Waals surface area (Å²) in [5.74, 6) is 0.587. The number of rotatable bonds is 0. The van der Waals surface area contributed by atoms with Crippen molar-refractivity contribution >= 4 is 28.4 Å². The van der Waals surface area contributed by atoms with Crippen molar-refractivity contribution < 1.29 is 4.79 Å². The normalized spacial score (nSPS) is 28.0. The maximum Gasteiger partial charge on any atom is 0.171 e. The van der Waals surface area contributed by atoms with Crippen molar-refractivity contribution in [3.8, 4) is 0 Å². The van der Waals surface area contributed by atoms with E-state index in [1.807, 2.05) is 13.0 Å². The molecule has 9 heavy (non-hydrogen) atoms. The van der Waals surface area contributed by atoms with Gasteiger partial charge in [0.2, 0.25) is 0 Å². The lowest BCUT2D eigenvalue weighted by atomic mass is 9.95. The molecular formula is C7H9IO. The zero-order valence-corrected chi connectivity index (χ0v) is 7.51. The number of carbonyl (C=O) groups excluding carboxylic acids is 1. The SMILES string of the molecule is C[C@@H]1CCC=C(I)C1=O. The van der Waals surface area contributed by atoms with Crippen molar-refractivity contribution in [1.29, 1.82) is 0 Å². The number of Topliss-reactive ketones (excluding diaryl/α,β-unsaturated/α-hetero) is 1. The third-order valence-corrected chi connectivity index (χ3v) is 2.58. The fourth-order valence-corrected chi connectivity index (χ4v) is 1.77. The highest BCUT2D eigenvalue weighted by atomic mass is 127. The van der Waals surface area contributed by atoms with E-state index in [2.05, 4.69) is 22.6 Å². The minimum atomic E-state index is 0.266. The Hall–Kier alpha value is 0.140. The molecule has 2 heteroatoms.